The lowest BCUT2D eigenvalue weighted by atomic mass is 9.43. The van der Waals surface area contributed by atoms with Gasteiger partial charge in [-0.3, -0.25) is 14.4 Å². The lowest BCUT2D eigenvalue weighted by Crippen LogP contribution is -2.61. The predicted molar refractivity (Wildman–Crippen MR) is 165 cm³/mol. The number of rotatable bonds is 6. The fourth-order valence-corrected chi connectivity index (χ4v) is 10.5. The Morgan fingerprint density at radius 3 is 2.26 bits per heavy atom. The van der Waals surface area contributed by atoms with Gasteiger partial charge in [-0.05, 0) is 122 Å². The van der Waals surface area contributed by atoms with Crippen LogP contribution in [0.5, 0.6) is 0 Å². The van der Waals surface area contributed by atoms with Crippen LogP contribution >= 0.6 is 0 Å². The van der Waals surface area contributed by atoms with E-state index in [0.29, 0.717) is 54.9 Å². The van der Waals surface area contributed by atoms with Crippen LogP contribution in [0.3, 0.4) is 0 Å². The molecule has 1 N–H and O–H groups in total. The van der Waals surface area contributed by atoms with E-state index in [-0.39, 0.29) is 41.2 Å². The molecule has 4 aliphatic rings. The number of carboxylic acids is 1. The lowest BCUT2D eigenvalue weighted by Gasteiger charge is -2.63. The largest absolute Gasteiger partial charge is 0.481 e. The quantitative estimate of drug-likeness (QED) is 0.249. The summed E-state index contributed by atoms with van der Waals surface area (Å²) >= 11 is 0. The number of esters is 2. The fraction of sp³-hybridized carbons (Fsp3) is 0.703. The number of fused-ring (bicyclic) bond motifs is 5. The minimum atomic E-state index is -4.44. The van der Waals surface area contributed by atoms with Crippen molar-refractivity contribution in [3.8, 4) is 11.8 Å². The van der Waals surface area contributed by atoms with Crippen LogP contribution in [0.15, 0.2) is 24.3 Å². The van der Waals surface area contributed by atoms with Crippen LogP contribution in [-0.2, 0) is 30.0 Å². The van der Waals surface area contributed by atoms with Crippen molar-refractivity contribution in [3.05, 3.63) is 35.4 Å². The fourth-order valence-electron chi connectivity index (χ4n) is 10.5. The van der Waals surface area contributed by atoms with Crippen LogP contribution in [0.4, 0.5) is 13.2 Å². The van der Waals surface area contributed by atoms with Crippen molar-refractivity contribution >= 4 is 17.9 Å². The monoisotopic (exact) mass is 644 g/mol. The second-order valence-corrected chi connectivity index (χ2v) is 15.1. The van der Waals surface area contributed by atoms with Crippen molar-refractivity contribution < 1.29 is 42.1 Å². The number of hydrogen-bond acceptors (Lipinski definition) is 5. The van der Waals surface area contributed by atoms with Gasteiger partial charge in [-0.1, -0.05) is 26.7 Å². The average Bonchev–Trinajstić information content (AvgIpc) is 3.32. The number of carbonyl (C=O) groups excluding carboxylic acids is 2. The second-order valence-electron chi connectivity index (χ2n) is 15.1. The van der Waals surface area contributed by atoms with Gasteiger partial charge < -0.3 is 14.6 Å². The molecule has 46 heavy (non-hydrogen) atoms. The maximum atomic E-state index is 13.1. The van der Waals surface area contributed by atoms with E-state index in [1.807, 2.05) is 0 Å². The number of carboxylic acid groups (broad SMARTS) is 1. The molecule has 0 bridgehead atoms. The number of alkyl halides is 3. The Morgan fingerprint density at radius 2 is 1.65 bits per heavy atom. The first kappa shape index (κ1) is 34.3. The van der Waals surface area contributed by atoms with Crippen LogP contribution in [0.2, 0.25) is 0 Å². The van der Waals surface area contributed by atoms with E-state index >= 15 is 0 Å². The van der Waals surface area contributed by atoms with Crippen molar-refractivity contribution in [2.24, 2.45) is 46.3 Å². The molecule has 0 heterocycles. The van der Waals surface area contributed by atoms with Crippen LogP contribution in [0.25, 0.3) is 0 Å². The molecule has 1 aromatic carbocycles. The van der Waals surface area contributed by atoms with Crippen molar-refractivity contribution in [2.45, 2.75) is 117 Å². The molecule has 0 saturated heterocycles. The van der Waals surface area contributed by atoms with Crippen LogP contribution in [0, 0.1) is 58.2 Å². The summed E-state index contributed by atoms with van der Waals surface area (Å²) in [7, 11) is 0. The zero-order valence-corrected chi connectivity index (χ0v) is 27.5. The van der Waals surface area contributed by atoms with Gasteiger partial charge in [0, 0.05) is 38.2 Å². The van der Waals surface area contributed by atoms with E-state index in [0.717, 1.165) is 44.2 Å². The van der Waals surface area contributed by atoms with E-state index in [2.05, 4.69) is 32.6 Å². The molecule has 6 nitrogen and oxygen atoms in total. The van der Waals surface area contributed by atoms with Crippen LogP contribution in [-0.4, -0.2) is 34.7 Å². The molecule has 4 aliphatic carbocycles. The van der Waals surface area contributed by atoms with Gasteiger partial charge in [-0.15, -0.1) is 0 Å². The number of hydrogen-bond donors (Lipinski definition) is 1. The zero-order valence-electron chi connectivity index (χ0n) is 27.5. The highest BCUT2D eigenvalue weighted by Gasteiger charge is 2.65. The van der Waals surface area contributed by atoms with Crippen molar-refractivity contribution in [2.75, 3.05) is 0 Å². The summed E-state index contributed by atoms with van der Waals surface area (Å²) in [6, 6.07) is 4.68. The first-order valence-electron chi connectivity index (χ1n) is 16.8. The summed E-state index contributed by atoms with van der Waals surface area (Å²) in [5.74, 6) is 6.28. The molecule has 1 aromatic rings. The zero-order chi connectivity index (χ0) is 33.7. The number of ether oxygens (including phenoxy) is 2. The summed E-state index contributed by atoms with van der Waals surface area (Å²) in [4.78, 5) is 36.2. The Bertz CT molecular complexity index is 1390. The maximum absolute atomic E-state index is 13.1. The standard InChI is InChI=1S/C37H47F3O6/c1-22(6-13-32(43)44)28-11-12-29-33-30(15-16-35(28,29)5)34(4)18-19-36(46-24(3)42,21-27(34)20-31(33)45-23(2)41)17-14-25-7-9-26(10-8-25)37(38,39)40/h7-10,22,27-31,33H,6,11-13,15-16,18-21H2,1-5H3,(H,43,44)/t22-,27-,28-,29+,30+,31-,33+,34+,35-,36-/m1/s1. The Labute approximate surface area is 270 Å². The molecule has 0 unspecified atom stereocenters. The van der Waals surface area contributed by atoms with Gasteiger partial charge in [0.2, 0.25) is 0 Å². The van der Waals surface area contributed by atoms with Crippen LogP contribution < -0.4 is 0 Å². The molecule has 252 valence electrons. The van der Waals surface area contributed by atoms with Gasteiger partial charge in [-0.2, -0.15) is 13.2 Å². The molecule has 4 saturated carbocycles. The number of halogens is 3. The van der Waals surface area contributed by atoms with Crippen molar-refractivity contribution in [1.29, 1.82) is 0 Å². The lowest BCUT2D eigenvalue weighted by molar-refractivity contribution is -0.202. The van der Waals surface area contributed by atoms with E-state index in [1.54, 1.807) is 0 Å². The maximum Gasteiger partial charge on any atom is 0.416 e. The number of aliphatic carboxylic acids is 1. The van der Waals surface area contributed by atoms with E-state index in [9.17, 15) is 32.7 Å². The van der Waals surface area contributed by atoms with Gasteiger partial charge in [0.15, 0.2) is 5.60 Å². The Kier molecular flexibility index (Phi) is 9.36. The smallest absolute Gasteiger partial charge is 0.416 e. The van der Waals surface area contributed by atoms with Crippen molar-refractivity contribution in [1.82, 2.24) is 0 Å². The van der Waals surface area contributed by atoms with Gasteiger partial charge in [0.25, 0.3) is 0 Å². The second kappa shape index (κ2) is 12.5. The Balaban J connectivity index is 1.43. The van der Waals surface area contributed by atoms with Gasteiger partial charge in [0.05, 0.1) is 5.56 Å². The first-order valence-corrected chi connectivity index (χ1v) is 16.8. The molecule has 0 radical (unpaired) electrons. The highest BCUT2D eigenvalue weighted by molar-refractivity contribution is 5.67. The molecule has 4 fully saturated rings. The minimum Gasteiger partial charge on any atom is -0.481 e. The molecule has 0 spiro atoms. The molecule has 0 aromatic heterocycles. The highest BCUT2D eigenvalue weighted by Crippen LogP contribution is 2.69. The number of benzene rings is 1. The molecule has 9 heteroatoms. The molecule has 0 aliphatic heterocycles. The third-order valence-electron chi connectivity index (χ3n) is 12.6. The van der Waals surface area contributed by atoms with Gasteiger partial charge in [-0.25, -0.2) is 0 Å². The molecular weight excluding hydrogens is 597 g/mol. The average molecular weight is 645 g/mol. The van der Waals surface area contributed by atoms with E-state index in [1.165, 1.54) is 26.0 Å². The Hall–Kier alpha value is -3.02. The molecular formula is C37H47F3O6. The molecule has 0 amide bonds. The summed E-state index contributed by atoms with van der Waals surface area (Å²) in [5, 5.41) is 9.30. The summed E-state index contributed by atoms with van der Waals surface area (Å²) in [6.45, 7) is 9.71. The van der Waals surface area contributed by atoms with Crippen LogP contribution in [0.1, 0.15) is 110 Å². The topological polar surface area (TPSA) is 89.9 Å². The predicted octanol–water partition coefficient (Wildman–Crippen LogP) is 8.06. The minimum absolute atomic E-state index is 0.0456. The third kappa shape index (κ3) is 6.55. The number of carbonyl (C=O) groups is 3. The van der Waals surface area contributed by atoms with Crippen molar-refractivity contribution in [3.63, 3.8) is 0 Å². The third-order valence-corrected chi connectivity index (χ3v) is 12.6. The Morgan fingerprint density at radius 1 is 0.978 bits per heavy atom. The highest BCUT2D eigenvalue weighted by atomic mass is 19.4. The van der Waals surface area contributed by atoms with E-state index in [4.69, 9.17) is 9.47 Å². The van der Waals surface area contributed by atoms with Gasteiger partial charge >= 0.3 is 24.1 Å². The first-order chi connectivity index (χ1) is 21.5. The summed E-state index contributed by atoms with van der Waals surface area (Å²) < 4.78 is 51.3. The van der Waals surface area contributed by atoms with Gasteiger partial charge in [0.1, 0.15) is 6.10 Å². The normalized spacial score (nSPS) is 37.4. The molecule has 10 atom stereocenters. The molecule has 5 rings (SSSR count). The SMILES string of the molecule is CC(=O)O[C@@H]1C[C@@H]2C[C@](C#Cc3ccc(C(F)(F)F)cc3)(OC(C)=O)CC[C@]2(C)[C@H]2CC[C@]3(C)[C@@H]([C@H](C)CCC(=O)O)CC[C@H]3[C@H]12. The van der Waals surface area contributed by atoms with E-state index < -0.39 is 29.3 Å². The summed E-state index contributed by atoms with van der Waals surface area (Å²) in [5.41, 5.74) is -1.47. The summed E-state index contributed by atoms with van der Waals surface area (Å²) in [6.07, 6.45) is 2.61.